The van der Waals surface area contributed by atoms with Crippen molar-refractivity contribution in [3.8, 4) is 45.6 Å². The van der Waals surface area contributed by atoms with Gasteiger partial charge in [0.15, 0.2) is 23.1 Å². The van der Waals surface area contributed by atoms with E-state index < -0.39 is 0 Å². The van der Waals surface area contributed by atoms with Gasteiger partial charge in [-0.15, -0.1) is 0 Å². The molecule has 0 aliphatic carbocycles. The summed E-state index contributed by atoms with van der Waals surface area (Å²) in [6.45, 7) is 0. The molecule has 0 fully saturated rings. The number of fused-ring (bicyclic) bond motifs is 4. The Labute approximate surface area is 234 Å². The summed E-state index contributed by atoms with van der Waals surface area (Å²) < 4.78 is 5.92. The predicted octanol–water partition coefficient (Wildman–Crippen LogP) is 7.78. The van der Waals surface area contributed by atoms with E-state index in [4.69, 9.17) is 24.4 Å². The number of benzene rings is 3. The van der Waals surface area contributed by atoms with E-state index in [-0.39, 0.29) is 0 Å². The molecule has 8 aromatic rings. The molecule has 8 rings (SSSR count). The van der Waals surface area contributed by atoms with Crippen LogP contribution in [-0.4, -0.2) is 29.9 Å². The van der Waals surface area contributed by atoms with Crippen LogP contribution in [0.25, 0.3) is 78.3 Å². The molecule has 0 aliphatic heterocycles. The predicted molar refractivity (Wildman–Crippen MR) is 160 cm³/mol. The third-order valence-electron chi connectivity index (χ3n) is 7.13. The fourth-order valence-electron chi connectivity index (χ4n) is 5.10. The fraction of sp³-hybridized carbons (Fsp3) is 0. The van der Waals surface area contributed by atoms with E-state index in [9.17, 15) is 0 Å². The van der Waals surface area contributed by atoms with Gasteiger partial charge in [0.25, 0.3) is 0 Å². The van der Waals surface area contributed by atoms with Crippen molar-refractivity contribution in [2.45, 2.75) is 0 Å². The van der Waals surface area contributed by atoms with Crippen molar-refractivity contribution in [1.29, 1.82) is 0 Å². The lowest BCUT2D eigenvalue weighted by Gasteiger charge is -2.11. The molecule has 192 valence electrons. The average Bonchev–Trinajstić information content (AvgIpc) is 3.43. The largest absolute Gasteiger partial charge is 0.454 e. The molecule has 0 unspecified atom stereocenters. The first kappa shape index (κ1) is 23.1. The molecule has 41 heavy (non-hydrogen) atoms. The molecule has 0 spiro atoms. The maximum atomic E-state index is 5.92. The van der Waals surface area contributed by atoms with Crippen LogP contribution in [0.5, 0.6) is 0 Å². The van der Waals surface area contributed by atoms with E-state index in [1.807, 2.05) is 103 Å². The molecule has 0 aliphatic rings. The van der Waals surface area contributed by atoms with Crippen LogP contribution in [0.1, 0.15) is 0 Å². The van der Waals surface area contributed by atoms with E-state index in [0.29, 0.717) is 17.5 Å². The topological polar surface area (TPSA) is 90.5 Å². The Hall–Kier alpha value is -5.82. The number of rotatable bonds is 4. The third-order valence-corrected chi connectivity index (χ3v) is 7.13. The summed E-state index contributed by atoms with van der Waals surface area (Å²) in [5, 5.41) is 3.86. The van der Waals surface area contributed by atoms with Crippen LogP contribution in [0.15, 0.2) is 126 Å². The number of hydrogen-bond acceptors (Lipinski definition) is 7. The number of pyridine rings is 3. The van der Waals surface area contributed by atoms with Crippen molar-refractivity contribution in [2.24, 2.45) is 0 Å². The van der Waals surface area contributed by atoms with Gasteiger partial charge >= 0.3 is 0 Å². The van der Waals surface area contributed by atoms with Crippen LogP contribution in [0, 0.1) is 0 Å². The van der Waals surface area contributed by atoms with E-state index in [1.54, 1.807) is 12.4 Å². The highest BCUT2D eigenvalue weighted by atomic mass is 16.3. The zero-order valence-corrected chi connectivity index (χ0v) is 21.6. The van der Waals surface area contributed by atoms with E-state index in [1.165, 1.54) is 0 Å². The number of nitrogens with zero attached hydrogens (tertiary/aromatic N) is 6. The highest BCUT2D eigenvalue weighted by Gasteiger charge is 2.16. The molecule has 0 bridgehead atoms. The van der Waals surface area contributed by atoms with Gasteiger partial charge in [-0.05, 0) is 23.6 Å². The maximum Gasteiger partial charge on any atom is 0.164 e. The van der Waals surface area contributed by atoms with Gasteiger partial charge < -0.3 is 4.42 Å². The molecule has 7 nitrogen and oxygen atoms in total. The molecule has 0 radical (unpaired) electrons. The Balaban J connectivity index is 1.27. The molecule has 0 saturated carbocycles. The van der Waals surface area contributed by atoms with Crippen molar-refractivity contribution in [3.63, 3.8) is 0 Å². The lowest BCUT2D eigenvalue weighted by atomic mass is 10.0. The van der Waals surface area contributed by atoms with Gasteiger partial charge in [0.2, 0.25) is 0 Å². The summed E-state index contributed by atoms with van der Waals surface area (Å²) in [5.41, 5.74) is 5.77. The standard InChI is InChI=1S/C34H20N6O/c1-3-8-21(9-4-1)32-38-33(22-10-5-2-6-11-22)40-34(39-32)24-13-7-12-23-16-28(36-19-26(23)24)29-17-25-27-18-35-15-14-30(27)41-31(25)20-37-29/h1-20H. The summed E-state index contributed by atoms with van der Waals surface area (Å²) in [6, 6.07) is 32.0. The monoisotopic (exact) mass is 528 g/mol. The molecule has 0 N–H and O–H groups in total. The van der Waals surface area contributed by atoms with Gasteiger partial charge in [-0.1, -0.05) is 78.9 Å². The molecule has 7 heteroatoms. The summed E-state index contributed by atoms with van der Waals surface area (Å²) in [5.74, 6) is 1.83. The minimum atomic E-state index is 0.592. The van der Waals surface area contributed by atoms with Crippen LogP contribution in [0.2, 0.25) is 0 Å². The Morgan fingerprint density at radius 3 is 1.93 bits per heavy atom. The second kappa shape index (κ2) is 9.43. The van der Waals surface area contributed by atoms with Gasteiger partial charge in [-0.25, -0.2) is 15.0 Å². The average molecular weight is 529 g/mol. The van der Waals surface area contributed by atoms with Crippen LogP contribution in [0.3, 0.4) is 0 Å². The van der Waals surface area contributed by atoms with Gasteiger partial charge in [0.05, 0.1) is 17.6 Å². The molecule has 0 saturated heterocycles. The van der Waals surface area contributed by atoms with E-state index >= 15 is 0 Å². The number of aromatic nitrogens is 6. The first-order chi connectivity index (χ1) is 20.3. The highest BCUT2D eigenvalue weighted by Crippen LogP contribution is 2.33. The second-order valence-electron chi connectivity index (χ2n) is 9.67. The highest BCUT2D eigenvalue weighted by molar-refractivity contribution is 6.05. The summed E-state index contributed by atoms with van der Waals surface area (Å²) in [4.78, 5) is 28.3. The normalized spacial score (nSPS) is 11.4. The van der Waals surface area contributed by atoms with Crippen LogP contribution >= 0.6 is 0 Å². The quantitative estimate of drug-likeness (QED) is 0.230. The zero-order valence-electron chi connectivity index (χ0n) is 21.6. The molecule has 5 aromatic heterocycles. The smallest absolute Gasteiger partial charge is 0.164 e. The van der Waals surface area contributed by atoms with Crippen LogP contribution in [0.4, 0.5) is 0 Å². The molecular weight excluding hydrogens is 508 g/mol. The zero-order chi connectivity index (χ0) is 27.2. The Bertz CT molecular complexity index is 2150. The van der Waals surface area contributed by atoms with Crippen LogP contribution < -0.4 is 0 Å². The molecule has 3 aromatic carbocycles. The second-order valence-corrected chi connectivity index (χ2v) is 9.67. The lowest BCUT2D eigenvalue weighted by molar-refractivity contribution is 0.666. The minimum Gasteiger partial charge on any atom is -0.454 e. The first-order valence-electron chi connectivity index (χ1n) is 13.2. The van der Waals surface area contributed by atoms with E-state index in [2.05, 4.69) is 16.0 Å². The Morgan fingerprint density at radius 2 is 1.17 bits per heavy atom. The van der Waals surface area contributed by atoms with Crippen molar-refractivity contribution >= 4 is 32.7 Å². The molecule has 0 atom stereocenters. The first-order valence-corrected chi connectivity index (χ1v) is 13.2. The maximum absolute atomic E-state index is 5.92. The van der Waals surface area contributed by atoms with Crippen LogP contribution in [-0.2, 0) is 0 Å². The SMILES string of the molecule is c1ccc(-c2nc(-c3ccccc3)nc(-c3cccc4cc(-c5cc6c(cn5)oc5ccncc56)ncc34)n2)cc1. The number of hydrogen-bond donors (Lipinski definition) is 0. The number of furan rings is 1. The van der Waals surface area contributed by atoms with Crippen molar-refractivity contribution < 1.29 is 4.42 Å². The van der Waals surface area contributed by atoms with Gasteiger partial charge in [0.1, 0.15) is 5.58 Å². The van der Waals surface area contributed by atoms with Gasteiger partial charge in [-0.3, -0.25) is 15.0 Å². The summed E-state index contributed by atoms with van der Waals surface area (Å²) in [7, 11) is 0. The van der Waals surface area contributed by atoms with Crippen molar-refractivity contribution in [2.75, 3.05) is 0 Å². The van der Waals surface area contributed by atoms with Crippen molar-refractivity contribution in [1.82, 2.24) is 29.9 Å². The fourth-order valence-corrected chi connectivity index (χ4v) is 5.10. The third kappa shape index (κ3) is 4.08. The minimum absolute atomic E-state index is 0.592. The Kier molecular flexibility index (Phi) is 5.31. The Morgan fingerprint density at radius 1 is 0.488 bits per heavy atom. The lowest BCUT2D eigenvalue weighted by Crippen LogP contribution is -2.00. The molecular formula is C34H20N6O. The summed E-state index contributed by atoms with van der Waals surface area (Å²) >= 11 is 0. The molecule has 5 heterocycles. The molecule has 0 amide bonds. The van der Waals surface area contributed by atoms with E-state index in [0.717, 1.165) is 60.8 Å². The van der Waals surface area contributed by atoms with Gasteiger partial charge in [0, 0.05) is 51.4 Å². The summed E-state index contributed by atoms with van der Waals surface area (Å²) in [6.07, 6.45) is 7.15. The van der Waals surface area contributed by atoms with Gasteiger partial charge in [-0.2, -0.15) is 0 Å². The van der Waals surface area contributed by atoms with Crippen molar-refractivity contribution in [3.05, 3.63) is 122 Å².